The molecular weight excluding hydrogens is 270 g/mol. The van der Waals surface area contributed by atoms with Crippen molar-refractivity contribution in [2.75, 3.05) is 27.2 Å². The van der Waals surface area contributed by atoms with Crippen molar-refractivity contribution in [3.8, 4) is 0 Å². The molecular formula is C20H23NO. The van der Waals surface area contributed by atoms with Gasteiger partial charge in [0.2, 0.25) is 0 Å². The van der Waals surface area contributed by atoms with Crippen LogP contribution in [0.2, 0.25) is 0 Å². The molecule has 22 heavy (non-hydrogen) atoms. The summed E-state index contributed by atoms with van der Waals surface area (Å²) in [6.45, 7) is 1.29. The molecule has 5 rings (SSSR count). The van der Waals surface area contributed by atoms with Gasteiger partial charge >= 0.3 is 0 Å². The van der Waals surface area contributed by atoms with E-state index in [0.29, 0.717) is 23.7 Å². The minimum Gasteiger partial charge on any atom is -0.396 e. The Hall–Kier alpha value is -1.64. The van der Waals surface area contributed by atoms with Gasteiger partial charge in [-0.3, -0.25) is 0 Å². The fraction of sp³-hybridized carbons (Fsp3) is 0.400. The second-order valence-electron chi connectivity index (χ2n) is 6.99. The van der Waals surface area contributed by atoms with Crippen LogP contribution in [-0.4, -0.2) is 37.3 Å². The van der Waals surface area contributed by atoms with E-state index in [1.807, 2.05) is 0 Å². The normalized spacial score (nSPS) is 28.5. The highest BCUT2D eigenvalue weighted by atomic mass is 16.3. The van der Waals surface area contributed by atoms with E-state index < -0.39 is 0 Å². The van der Waals surface area contributed by atoms with Gasteiger partial charge in [-0.1, -0.05) is 48.5 Å². The Morgan fingerprint density at radius 1 is 0.773 bits per heavy atom. The van der Waals surface area contributed by atoms with Crippen LogP contribution in [0.25, 0.3) is 0 Å². The number of fused-ring (bicyclic) bond motifs is 1. The molecule has 2 nitrogen and oxygen atoms in total. The first kappa shape index (κ1) is 14.0. The van der Waals surface area contributed by atoms with Crippen molar-refractivity contribution in [1.29, 1.82) is 0 Å². The minimum absolute atomic E-state index is 0.266. The number of nitrogens with zero attached hydrogens (tertiary/aromatic N) is 1. The van der Waals surface area contributed by atoms with Crippen molar-refractivity contribution in [3.05, 3.63) is 70.8 Å². The molecule has 114 valence electrons. The zero-order chi connectivity index (χ0) is 15.3. The fourth-order valence-corrected chi connectivity index (χ4v) is 4.81. The third-order valence-corrected chi connectivity index (χ3v) is 5.53. The summed E-state index contributed by atoms with van der Waals surface area (Å²) in [5.41, 5.74) is 5.81. The van der Waals surface area contributed by atoms with Crippen LogP contribution < -0.4 is 0 Å². The molecule has 0 aliphatic heterocycles. The quantitative estimate of drug-likeness (QED) is 0.940. The molecule has 0 amide bonds. The third-order valence-electron chi connectivity index (χ3n) is 5.53. The Morgan fingerprint density at radius 3 is 1.55 bits per heavy atom. The molecule has 0 fully saturated rings. The summed E-state index contributed by atoms with van der Waals surface area (Å²) in [4.78, 5) is 2.26. The van der Waals surface area contributed by atoms with Crippen molar-refractivity contribution < 1.29 is 5.11 Å². The molecule has 0 saturated heterocycles. The number of hydrogen-bond donors (Lipinski definition) is 1. The van der Waals surface area contributed by atoms with Gasteiger partial charge in [0.1, 0.15) is 0 Å². The molecule has 0 spiro atoms. The van der Waals surface area contributed by atoms with E-state index in [-0.39, 0.29) is 6.61 Å². The molecule has 2 bridgehead atoms. The van der Waals surface area contributed by atoms with Crippen LogP contribution in [0.3, 0.4) is 0 Å². The number of hydrogen-bond acceptors (Lipinski definition) is 2. The molecule has 1 N–H and O–H groups in total. The van der Waals surface area contributed by atoms with E-state index in [1.54, 1.807) is 0 Å². The van der Waals surface area contributed by atoms with Gasteiger partial charge in [0.05, 0.1) is 0 Å². The predicted octanol–water partition coefficient (Wildman–Crippen LogP) is 3.06. The van der Waals surface area contributed by atoms with E-state index in [9.17, 15) is 5.11 Å². The minimum atomic E-state index is 0.266. The Labute approximate surface area is 132 Å². The second kappa shape index (κ2) is 5.22. The molecule has 0 unspecified atom stereocenters. The van der Waals surface area contributed by atoms with Crippen LogP contribution >= 0.6 is 0 Å². The smallest absolute Gasteiger partial charge is 0.0471 e. The van der Waals surface area contributed by atoms with Gasteiger partial charge in [-0.25, -0.2) is 0 Å². The summed E-state index contributed by atoms with van der Waals surface area (Å²) in [5.74, 6) is 1.55. The van der Waals surface area contributed by atoms with Gasteiger partial charge in [0.25, 0.3) is 0 Å². The van der Waals surface area contributed by atoms with Crippen molar-refractivity contribution in [2.45, 2.75) is 11.8 Å². The molecule has 2 aromatic rings. The lowest BCUT2D eigenvalue weighted by atomic mass is 9.54. The molecule has 2 atom stereocenters. The van der Waals surface area contributed by atoms with E-state index in [1.165, 1.54) is 22.3 Å². The summed E-state index contributed by atoms with van der Waals surface area (Å²) >= 11 is 0. The molecule has 3 aliphatic rings. The summed E-state index contributed by atoms with van der Waals surface area (Å²) < 4.78 is 0. The number of aliphatic hydroxyl groups excluding tert-OH is 1. The Morgan fingerprint density at radius 2 is 1.18 bits per heavy atom. The van der Waals surface area contributed by atoms with Crippen molar-refractivity contribution >= 4 is 0 Å². The van der Waals surface area contributed by atoms with Crippen LogP contribution in [0.15, 0.2) is 48.5 Å². The first-order valence-corrected chi connectivity index (χ1v) is 8.15. The van der Waals surface area contributed by atoms with Gasteiger partial charge in [-0.2, -0.15) is 0 Å². The van der Waals surface area contributed by atoms with Crippen molar-refractivity contribution in [1.82, 2.24) is 4.90 Å². The molecule has 2 aromatic carbocycles. The first-order chi connectivity index (χ1) is 10.7. The zero-order valence-corrected chi connectivity index (χ0v) is 13.2. The average molecular weight is 293 g/mol. The van der Waals surface area contributed by atoms with Gasteiger partial charge in [-0.15, -0.1) is 0 Å². The average Bonchev–Trinajstić information content (AvgIpc) is 2.54. The summed E-state index contributed by atoms with van der Waals surface area (Å²) in [6, 6.07) is 17.7. The van der Waals surface area contributed by atoms with Gasteiger partial charge in [0.15, 0.2) is 0 Å². The Balaban J connectivity index is 1.94. The van der Waals surface area contributed by atoms with Crippen molar-refractivity contribution in [3.63, 3.8) is 0 Å². The number of benzene rings is 2. The molecule has 2 heteroatoms. The van der Waals surface area contributed by atoms with E-state index in [2.05, 4.69) is 67.5 Å². The van der Waals surface area contributed by atoms with Gasteiger partial charge < -0.3 is 10.0 Å². The maximum absolute atomic E-state index is 10.1. The van der Waals surface area contributed by atoms with Crippen LogP contribution in [0.5, 0.6) is 0 Å². The standard InChI is InChI=1S/C20H23NO/c1-21(2)11-17-18(12-22)20-15-9-5-3-7-13(15)19(17)14-8-4-6-10-16(14)20/h3-10,17-20,22H,11-12H2,1-2H3/t17-,18-,19?,20?/m1/s1. The SMILES string of the molecule is CN(C)C[C@H]1C2c3ccccc3C(c3ccccc32)[C@@H]1CO. The van der Waals surface area contributed by atoms with Gasteiger partial charge in [0, 0.05) is 25.0 Å². The Bertz CT molecular complexity index is 646. The van der Waals surface area contributed by atoms with Crippen LogP contribution in [0.1, 0.15) is 34.1 Å². The van der Waals surface area contributed by atoms with Crippen LogP contribution in [0, 0.1) is 11.8 Å². The molecule has 0 radical (unpaired) electrons. The Kier molecular flexibility index (Phi) is 3.32. The molecule has 0 aromatic heterocycles. The topological polar surface area (TPSA) is 23.5 Å². The largest absolute Gasteiger partial charge is 0.396 e. The summed E-state index contributed by atoms with van der Waals surface area (Å²) in [5, 5.41) is 10.1. The summed E-state index contributed by atoms with van der Waals surface area (Å²) in [6.07, 6.45) is 0. The highest BCUT2D eigenvalue weighted by Crippen LogP contribution is 2.58. The highest BCUT2D eigenvalue weighted by molar-refractivity contribution is 5.56. The number of rotatable bonds is 3. The van der Waals surface area contributed by atoms with E-state index in [0.717, 1.165) is 6.54 Å². The lowest BCUT2D eigenvalue weighted by molar-refractivity contribution is 0.108. The molecule has 0 saturated carbocycles. The van der Waals surface area contributed by atoms with E-state index in [4.69, 9.17) is 0 Å². The molecule has 0 heterocycles. The lowest BCUT2D eigenvalue weighted by Gasteiger charge is -2.51. The zero-order valence-electron chi connectivity index (χ0n) is 13.2. The van der Waals surface area contributed by atoms with Crippen molar-refractivity contribution in [2.24, 2.45) is 11.8 Å². The van der Waals surface area contributed by atoms with Crippen LogP contribution in [0.4, 0.5) is 0 Å². The lowest BCUT2D eigenvalue weighted by Crippen LogP contribution is -2.45. The maximum atomic E-state index is 10.1. The first-order valence-electron chi connectivity index (χ1n) is 8.15. The van der Waals surface area contributed by atoms with E-state index >= 15 is 0 Å². The van der Waals surface area contributed by atoms with Gasteiger partial charge in [-0.05, 0) is 48.2 Å². The monoisotopic (exact) mass is 293 g/mol. The molecule has 3 aliphatic carbocycles. The second-order valence-corrected chi connectivity index (χ2v) is 6.99. The van der Waals surface area contributed by atoms with Crippen LogP contribution in [-0.2, 0) is 0 Å². The third kappa shape index (κ3) is 1.87. The maximum Gasteiger partial charge on any atom is 0.0471 e. The highest BCUT2D eigenvalue weighted by Gasteiger charge is 2.49. The fourth-order valence-electron chi connectivity index (χ4n) is 4.81. The predicted molar refractivity (Wildman–Crippen MR) is 89.2 cm³/mol. The summed E-state index contributed by atoms with van der Waals surface area (Å²) in [7, 11) is 4.27. The number of aliphatic hydroxyl groups is 1.